The predicted molar refractivity (Wildman–Crippen MR) is 74.8 cm³/mol. The molecule has 5 nitrogen and oxygen atoms in total. The van der Waals surface area contributed by atoms with Gasteiger partial charge in [0.15, 0.2) is 6.10 Å². The van der Waals surface area contributed by atoms with Crippen molar-refractivity contribution in [1.82, 2.24) is 10.2 Å². The first kappa shape index (κ1) is 14.5. The average molecular weight is 276 g/mol. The Morgan fingerprint density at radius 2 is 1.80 bits per heavy atom. The number of aliphatic hydroxyl groups is 1. The first-order chi connectivity index (χ1) is 9.68. The van der Waals surface area contributed by atoms with Crippen molar-refractivity contribution >= 4 is 11.8 Å². The van der Waals surface area contributed by atoms with Crippen LogP contribution in [0.25, 0.3) is 0 Å². The van der Waals surface area contributed by atoms with Crippen LogP contribution in [0.1, 0.15) is 30.9 Å². The summed E-state index contributed by atoms with van der Waals surface area (Å²) >= 11 is 0. The van der Waals surface area contributed by atoms with Crippen LogP contribution in [0.3, 0.4) is 0 Å². The Balaban J connectivity index is 1.81. The van der Waals surface area contributed by atoms with Gasteiger partial charge in [0, 0.05) is 13.1 Å². The van der Waals surface area contributed by atoms with Crippen molar-refractivity contribution in [3.8, 4) is 0 Å². The van der Waals surface area contributed by atoms with Crippen LogP contribution in [0.5, 0.6) is 0 Å². The Morgan fingerprint density at radius 3 is 2.45 bits per heavy atom. The van der Waals surface area contributed by atoms with Gasteiger partial charge in [-0.2, -0.15) is 0 Å². The lowest BCUT2D eigenvalue weighted by Gasteiger charge is -2.26. The number of amides is 2. The van der Waals surface area contributed by atoms with Crippen LogP contribution >= 0.6 is 0 Å². The highest BCUT2D eigenvalue weighted by molar-refractivity contribution is 5.87. The van der Waals surface area contributed by atoms with Gasteiger partial charge in [-0.25, -0.2) is 0 Å². The van der Waals surface area contributed by atoms with Crippen LogP contribution < -0.4 is 5.32 Å². The fraction of sp³-hybridized carbons (Fsp3) is 0.467. The Morgan fingerprint density at radius 1 is 1.15 bits per heavy atom. The first-order valence-electron chi connectivity index (χ1n) is 6.97. The summed E-state index contributed by atoms with van der Waals surface area (Å²) in [7, 11) is 0. The van der Waals surface area contributed by atoms with E-state index in [1.54, 1.807) is 29.2 Å². The van der Waals surface area contributed by atoms with Gasteiger partial charge in [-0.1, -0.05) is 30.3 Å². The molecule has 0 radical (unpaired) electrons. The van der Waals surface area contributed by atoms with Gasteiger partial charge in [0.1, 0.15) is 0 Å². The summed E-state index contributed by atoms with van der Waals surface area (Å²) in [4.78, 5) is 25.5. The zero-order valence-electron chi connectivity index (χ0n) is 11.4. The van der Waals surface area contributed by atoms with Crippen LogP contribution in [0, 0.1) is 0 Å². The highest BCUT2D eigenvalue weighted by atomic mass is 16.3. The van der Waals surface area contributed by atoms with Crippen molar-refractivity contribution in [2.75, 3.05) is 19.6 Å². The second kappa shape index (κ2) is 7.05. The van der Waals surface area contributed by atoms with Gasteiger partial charge in [-0.3, -0.25) is 9.59 Å². The molecule has 1 heterocycles. The molecule has 0 aliphatic carbocycles. The number of benzene rings is 1. The zero-order chi connectivity index (χ0) is 14.4. The van der Waals surface area contributed by atoms with Gasteiger partial charge in [0.05, 0.1) is 6.54 Å². The normalized spacial score (nSPS) is 16.6. The molecule has 0 saturated carbocycles. The van der Waals surface area contributed by atoms with Crippen LogP contribution in [-0.4, -0.2) is 41.5 Å². The second-order valence-corrected chi connectivity index (χ2v) is 4.97. The van der Waals surface area contributed by atoms with Crippen LogP contribution in [0.15, 0.2) is 30.3 Å². The van der Waals surface area contributed by atoms with Crippen LogP contribution in [-0.2, 0) is 9.59 Å². The number of hydrogen-bond donors (Lipinski definition) is 2. The molecule has 0 aromatic heterocycles. The molecule has 0 spiro atoms. The Labute approximate surface area is 118 Å². The fourth-order valence-electron chi connectivity index (χ4n) is 2.30. The largest absolute Gasteiger partial charge is 0.378 e. The number of aliphatic hydroxyl groups excluding tert-OH is 1. The summed E-state index contributed by atoms with van der Waals surface area (Å²) in [6.07, 6.45) is 1.96. The van der Waals surface area contributed by atoms with Gasteiger partial charge in [0.25, 0.3) is 5.91 Å². The summed E-state index contributed by atoms with van der Waals surface area (Å²) in [6, 6.07) is 8.68. The summed E-state index contributed by atoms with van der Waals surface area (Å²) in [5.74, 6) is -0.625. The summed E-state index contributed by atoms with van der Waals surface area (Å²) < 4.78 is 0. The molecule has 2 rings (SSSR count). The summed E-state index contributed by atoms with van der Waals surface area (Å²) in [5.41, 5.74) is 0.524. The average Bonchev–Trinajstić information content (AvgIpc) is 2.53. The quantitative estimate of drug-likeness (QED) is 0.856. The van der Waals surface area contributed by atoms with Gasteiger partial charge in [-0.15, -0.1) is 0 Å². The molecule has 2 amide bonds. The molecule has 0 bridgehead atoms. The van der Waals surface area contributed by atoms with E-state index in [1.807, 2.05) is 6.07 Å². The number of piperidine rings is 1. The van der Waals surface area contributed by atoms with Crippen molar-refractivity contribution < 1.29 is 14.7 Å². The van der Waals surface area contributed by atoms with E-state index in [0.29, 0.717) is 5.56 Å². The van der Waals surface area contributed by atoms with Crippen LogP contribution in [0.2, 0.25) is 0 Å². The van der Waals surface area contributed by atoms with E-state index in [2.05, 4.69) is 5.32 Å². The van der Waals surface area contributed by atoms with Gasteiger partial charge in [0.2, 0.25) is 5.91 Å². The molecular weight excluding hydrogens is 256 g/mol. The van der Waals surface area contributed by atoms with Gasteiger partial charge in [-0.05, 0) is 24.8 Å². The van der Waals surface area contributed by atoms with Crippen LogP contribution in [0.4, 0.5) is 0 Å². The molecule has 2 N–H and O–H groups in total. The molecule has 1 fully saturated rings. The first-order valence-corrected chi connectivity index (χ1v) is 6.97. The Kier molecular flexibility index (Phi) is 5.12. The van der Waals surface area contributed by atoms with Crippen molar-refractivity contribution in [2.24, 2.45) is 0 Å². The SMILES string of the molecule is O=C(NCC(=O)N1CCCCC1)[C@@H](O)c1ccccc1. The van der Waals surface area contributed by atoms with E-state index in [-0.39, 0.29) is 12.5 Å². The number of nitrogens with zero attached hydrogens (tertiary/aromatic N) is 1. The minimum Gasteiger partial charge on any atom is -0.378 e. The second-order valence-electron chi connectivity index (χ2n) is 4.97. The van der Waals surface area contributed by atoms with E-state index in [9.17, 15) is 14.7 Å². The van der Waals surface area contributed by atoms with Gasteiger partial charge < -0.3 is 15.3 Å². The number of likely N-dealkylation sites (tertiary alicyclic amines) is 1. The minimum absolute atomic E-state index is 0.0529. The van der Waals surface area contributed by atoms with Crippen molar-refractivity contribution in [1.29, 1.82) is 0 Å². The molecule has 1 aliphatic rings. The molecule has 1 aliphatic heterocycles. The molecule has 108 valence electrons. The standard InChI is InChI=1S/C15H20N2O3/c18-13(17-9-5-2-6-10-17)11-16-15(20)14(19)12-7-3-1-4-8-12/h1,3-4,7-8,14,19H,2,5-6,9-11H2,(H,16,20)/t14-/m0/s1. The molecule has 1 aromatic rings. The summed E-state index contributed by atoms with van der Waals surface area (Å²) in [5, 5.41) is 12.4. The van der Waals surface area contributed by atoms with E-state index < -0.39 is 12.0 Å². The minimum atomic E-state index is -1.23. The van der Waals surface area contributed by atoms with E-state index >= 15 is 0 Å². The fourth-order valence-corrected chi connectivity index (χ4v) is 2.30. The Bertz CT molecular complexity index is 455. The molecule has 1 atom stereocenters. The van der Waals surface area contributed by atoms with Crippen molar-refractivity contribution in [3.63, 3.8) is 0 Å². The third-order valence-electron chi connectivity index (χ3n) is 3.49. The third-order valence-corrected chi connectivity index (χ3v) is 3.49. The predicted octanol–water partition coefficient (Wildman–Crippen LogP) is 0.849. The van der Waals surface area contributed by atoms with E-state index in [0.717, 1.165) is 32.4 Å². The number of hydrogen-bond acceptors (Lipinski definition) is 3. The summed E-state index contributed by atoms with van der Waals surface area (Å²) in [6.45, 7) is 1.47. The third kappa shape index (κ3) is 3.81. The van der Waals surface area contributed by atoms with E-state index in [1.165, 1.54) is 0 Å². The topological polar surface area (TPSA) is 69.6 Å². The Hall–Kier alpha value is -1.88. The zero-order valence-corrected chi connectivity index (χ0v) is 11.4. The molecule has 0 unspecified atom stereocenters. The maximum atomic E-state index is 11.9. The monoisotopic (exact) mass is 276 g/mol. The van der Waals surface area contributed by atoms with Crippen molar-refractivity contribution in [3.05, 3.63) is 35.9 Å². The lowest BCUT2D eigenvalue weighted by molar-refractivity contribution is -0.136. The maximum absolute atomic E-state index is 11.9. The number of rotatable bonds is 4. The molecule has 1 saturated heterocycles. The molecule has 5 heteroatoms. The van der Waals surface area contributed by atoms with Gasteiger partial charge >= 0.3 is 0 Å². The highest BCUT2D eigenvalue weighted by Crippen LogP contribution is 2.12. The number of nitrogens with one attached hydrogen (secondary N) is 1. The lowest BCUT2D eigenvalue weighted by atomic mass is 10.1. The molecule has 1 aromatic carbocycles. The number of carbonyl (C=O) groups is 2. The smallest absolute Gasteiger partial charge is 0.253 e. The van der Waals surface area contributed by atoms with E-state index in [4.69, 9.17) is 0 Å². The maximum Gasteiger partial charge on any atom is 0.253 e. The van der Waals surface area contributed by atoms with Crippen molar-refractivity contribution in [2.45, 2.75) is 25.4 Å². The molecule has 20 heavy (non-hydrogen) atoms. The highest BCUT2D eigenvalue weighted by Gasteiger charge is 2.20. The molecular formula is C15H20N2O3. The lowest BCUT2D eigenvalue weighted by Crippen LogP contribution is -2.43. The number of carbonyl (C=O) groups excluding carboxylic acids is 2.